The van der Waals surface area contributed by atoms with E-state index >= 15 is 0 Å². The van der Waals surface area contributed by atoms with Crippen molar-refractivity contribution < 1.29 is 23.0 Å². The van der Waals surface area contributed by atoms with Crippen molar-refractivity contribution in [1.82, 2.24) is 5.32 Å². The second kappa shape index (κ2) is 8.57. The zero-order valence-corrected chi connectivity index (χ0v) is 16.9. The number of allylic oxidation sites excluding steroid dienone is 1. The topological polar surface area (TPSA) is 50.8 Å². The highest BCUT2D eigenvalue weighted by Crippen LogP contribution is 2.35. The minimum atomic E-state index is -2.91. The summed E-state index contributed by atoms with van der Waals surface area (Å²) in [6, 6.07) is 13.2. The summed E-state index contributed by atoms with van der Waals surface area (Å²) in [5, 5.41) is 3.58. The molecule has 29 heavy (non-hydrogen) atoms. The molecule has 0 spiro atoms. The summed E-state index contributed by atoms with van der Waals surface area (Å²) in [5.41, 5.74) is 3.54. The fourth-order valence-corrected chi connectivity index (χ4v) is 3.65. The molecule has 0 amide bonds. The highest BCUT2D eigenvalue weighted by molar-refractivity contribution is 7.80. The van der Waals surface area contributed by atoms with Gasteiger partial charge in [0.05, 0.1) is 18.7 Å². The number of halogens is 2. The first-order chi connectivity index (χ1) is 13.8. The molecule has 1 atom stereocenters. The molecule has 0 aliphatic carbocycles. The van der Waals surface area contributed by atoms with Crippen LogP contribution in [0.25, 0.3) is 0 Å². The van der Waals surface area contributed by atoms with Crippen LogP contribution in [0.2, 0.25) is 0 Å². The van der Waals surface area contributed by atoms with Gasteiger partial charge >= 0.3 is 12.6 Å². The number of aryl methyl sites for hydroxylation is 1. The first kappa shape index (κ1) is 20.7. The number of anilines is 1. The summed E-state index contributed by atoms with van der Waals surface area (Å²) in [6.07, 6.45) is 0. The molecule has 0 unspecified atom stereocenters. The lowest BCUT2D eigenvalue weighted by atomic mass is 9.94. The SMILES string of the molecule is COC(=O)C1=C(C)N(c2cccc(C)c2)C(=S)N[C@H]1c1ccc(OC(F)F)cc1. The average molecular weight is 418 g/mol. The van der Waals surface area contributed by atoms with Gasteiger partial charge in [-0.25, -0.2) is 4.79 Å². The quantitative estimate of drug-likeness (QED) is 0.571. The number of benzene rings is 2. The van der Waals surface area contributed by atoms with E-state index in [1.54, 1.807) is 24.0 Å². The molecule has 3 rings (SSSR count). The molecule has 2 aromatic rings. The van der Waals surface area contributed by atoms with E-state index in [1.807, 2.05) is 31.2 Å². The molecule has 8 heteroatoms. The van der Waals surface area contributed by atoms with Crippen molar-refractivity contribution in [3.63, 3.8) is 0 Å². The second-order valence-corrected chi connectivity index (χ2v) is 6.88. The first-order valence-corrected chi connectivity index (χ1v) is 9.23. The van der Waals surface area contributed by atoms with Gasteiger partial charge in [0.25, 0.3) is 0 Å². The number of methoxy groups -OCH3 is 1. The lowest BCUT2D eigenvalue weighted by molar-refractivity contribution is -0.136. The van der Waals surface area contributed by atoms with Crippen molar-refractivity contribution in [2.24, 2.45) is 0 Å². The molecular formula is C21H20F2N2O3S. The third kappa shape index (κ3) is 4.37. The van der Waals surface area contributed by atoms with Crippen LogP contribution in [-0.4, -0.2) is 24.8 Å². The van der Waals surface area contributed by atoms with Gasteiger partial charge in [0.1, 0.15) is 5.75 Å². The molecule has 0 aromatic heterocycles. The summed E-state index contributed by atoms with van der Waals surface area (Å²) < 4.78 is 34.2. The fraction of sp³-hybridized carbons (Fsp3) is 0.238. The van der Waals surface area contributed by atoms with Crippen LogP contribution in [0.4, 0.5) is 14.5 Å². The van der Waals surface area contributed by atoms with Gasteiger partial charge in [-0.15, -0.1) is 0 Å². The van der Waals surface area contributed by atoms with Gasteiger partial charge in [0.15, 0.2) is 5.11 Å². The lowest BCUT2D eigenvalue weighted by Crippen LogP contribution is -2.48. The summed E-state index contributed by atoms with van der Waals surface area (Å²) >= 11 is 5.57. The highest BCUT2D eigenvalue weighted by Gasteiger charge is 2.35. The van der Waals surface area contributed by atoms with E-state index < -0.39 is 18.6 Å². The third-order valence-corrected chi connectivity index (χ3v) is 4.89. The van der Waals surface area contributed by atoms with E-state index in [1.165, 1.54) is 19.2 Å². The molecule has 5 nitrogen and oxygen atoms in total. The maximum absolute atomic E-state index is 12.6. The van der Waals surface area contributed by atoms with Gasteiger partial charge in [0.2, 0.25) is 0 Å². The molecular weight excluding hydrogens is 398 g/mol. The molecule has 152 valence electrons. The van der Waals surface area contributed by atoms with Crippen molar-refractivity contribution in [3.05, 3.63) is 70.9 Å². The van der Waals surface area contributed by atoms with Crippen LogP contribution in [-0.2, 0) is 9.53 Å². The number of carbonyl (C=O) groups is 1. The highest BCUT2D eigenvalue weighted by atomic mass is 32.1. The van der Waals surface area contributed by atoms with E-state index in [0.29, 0.717) is 21.9 Å². The number of esters is 1. The van der Waals surface area contributed by atoms with Crippen LogP contribution in [0.1, 0.15) is 24.1 Å². The minimum Gasteiger partial charge on any atom is -0.466 e. The number of carbonyl (C=O) groups excluding carboxylic acids is 1. The second-order valence-electron chi connectivity index (χ2n) is 6.50. The molecule has 1 aliphatic heterocycles. The Morgan fingerprint density at radius 1 is 1.17 bits per heavy atom. The maximum atomic E-state index is 12.6. The average Bonchev–Trinajstić information content (AvgIpc) is 2.67. The van der Waals surface area contributed by atoms with Gasteiger partial charge < -0.3 is 14.8 Å². The number of rotatable bonds is 5. The first-order valence-electron chi connectivity index (χ1n) is 8.83. The molecule has 0 saturated carbocycles. The van der Waals surface area contributed by atoms with Crippen molar-refractivity contribution in [3.8, 4) is 5.75 Å². The predicted molar refractivity (Wildman–Crippen MR) is 110 cm³/mol. The lowest BCUT2D eigenvalue weighted by Gasteiger charge is -2.37. The van der Waals surface area contributed by atoms with Crippen molar-refractivity contribution in [1.29, 1.82) is 0 Å². The fourth-order valence-electron chi connectivity index (χ4n) is 3.29. The van der Waals surface area contributed by atoms with E-state index in [4.69, 9.17) is 17.0 Å². The maximum Gasteiger partial charge on any atom is 0.387 e. The molecule has 0 bridgehead atoms. The number of ether oxygens (including phenoxy) is 2. The number of hydrogen-bond acceptors (Lipinski definition) is 4. The Morgan fingerprint density at radius 3 is 2.45 bits per heavy atom. The summed E-state index contributed by atoms with van der Waals surface area (Å²) in [5.74, 6) is -0.475. The van der Waals surface area contributed by atoms with Gasteiger partial charge in [0, 0.05) is 11.4 Å². The summed E-state index contributed by atoms with van der Waals surface area (Å²) in [4.78, 5) is 14.4. The Labute approximate surface area is 172 Å². The van der Waals surface area contributed by atoms with Crippen LogP contribution in [0, 0.1) is 6.92 Å². The zero-order chi connectivity index (χ0) is 21.1. The number of hydrogen-bond donors (Lipinski definition) is 1. The van der Waals surface area contributed by atoms with Gasteiger partial charge in [-0.2, -0.15) is 8.78 Å². The Bertz CT molecular complexity index is 961. The van der Waals surface area contributed by atoms with Crippen molar-refractivity contribution >= 4 is 29.0 Å². The Morgan fingerprint density at radius 2 is 1.86 bits per heavy atom. The van der Waals surface area contributed by atoms with Gasteiger partial charge in [-0.05, 0) is 61.5 Å². The molecule has 1 heterocycles. The Balaban J connectivity index is 2.04. The van der Waals surface area contributed by atoms with Crippen LogP contribution >= 0.6 is 12.2 Å². The third-order valence-electron chi connectivity index (χ3n) is 4.59. The summed E-state index contributed by atoms with van der Waals surface area (Å²) in [7, 11) is 1.31. The standard InChI is InChI=1S/C21H20F2N2O3S/c1-12-5-4-6-15(11-12)25-13(2)17(19(26)27-3)18(24-21(25)29)14-7-9-16(10-8-14)28-20(22)23/h4-11,18,20H,1-3H3,(H,24,29)/t18-/m0/s1. The smallest absolute Gasteiger partial charge is 0.387 e. The molecule has 0 fully saturated rings. The number of alkyl halides is 2. The normalized spacial score (nSPS) is 16.7. The Hall–Kier alpha value is -3.00. The van der Waals surface area contributed by atoms with E-state index in [9.17, 15) is 13.6 Å². The van der Waals surface area contributed by atoms with E-state index in [2.05, 4.69) is 10.1 Å². The van der Waals surface area contributed by atoms with Gasteiger partial charge in [-0.3, -0.25) is 4.90 Å². The molecule has 1 N–H and O–H groups in total. The Kier molecular flexibility index (Phi) is 6.12. The van der Waals surface area contributed by atoms with Crippen molar-refractivity contribution in [2.45, 2.75) is 26.5 Å². The van der Waals surface area contributed by atoms with Crippen molar-refractivity contribution in [2.75, 3.05) is 12.0 Å². The largest absolute Gasteiger partial charge is 0.466 e. The van der Waals surface area contributed by atoms with Crippen LogP contribution in [0.15, 0.2) is 59.8 Å². The molecule has 1 aliphatic rings. The molecule has 0 radical (unpaired) electrons. The number of nitrogens with one attached hydrogen (secondary N) is 1. The molecule has 2 aromatic carbocycles. The summed E-state index contributed by atoms with van der Waals surface area (Å²) in [6.45, 7) is 0.857. The van der Waals surface area contributed by atoms with Crippen LogP contribution in [0.5, 0.6) is 5.75 Å². The predicted octanol–water partition coefficient (Wildman–Crippen LogP) is 4.48. The van der Waals surface area contributed by atoms with Crippen LogP contribution in [0.3, 0.4) is 0 Å². The minimum absolute atomic E-state index is 0.0313. The molecule has 0 saturated heterocycles. The van der Waals surface area contributed by atoms with E-state index in [-0.39, 0.29) is 5.75 Å². The zero-order valence-electron chi connectivity index (χ0n) is 16.1. The van der Waals surface area contributed by atoms with Crippen LogP contribution < -0.4 is 15.0 Å². The number of nitrogens with zero attached hydrogens (tertiary/aromatic N) is 1. The van der Waals surface area contributed by atoms with Gasteiger partial charge in [-0.1, -0.05) is 24.3 Å². The van der Waals surface area contributed by atoms with E-state index in [0.717, 1.165) is 11.3 Å². The number of thiocarbonyl (C=S) groups is 1. The monoisotopic (exact) mass is 418 g/mol.